The van der Waals surface area contributed by atoms with E-state index in [4.69, 9.17) is 9.84 Å². The van der Waals surface area contributed by atoms with Crippen molar-refractivity contribution < 1.29 is 14.6 Å². The molecule has 0 spiro atoms. The lowest BCUT2D eigenvalue weighted by Gasteiger charge is -2.22. The van der Waals surface area contributed by atoms with Gasteiger partial charge < -0.3 is 9.84 Å². The van der Waals surface area contributed by atoms with Crippen LogP contribution in [0, 0.1) is 0 Å². The Labute approximate surface area is 108 Å². The van der Waals surface area contributed by atoms with E-state index in [9.17, 15) is 4.79 Å². The van der Waals surface area contributed by atoms with Gasteiger partial charge in [0.1, 0.15) is 11.4 Å². The highest BCUT2D eigenvalue weighted by Crippen LogP contribution is 2.21. The lowest BCUT2D eigenvalue weighted by Crippen LogP contribution is -2.26. The average Bonchev–Trinajstić information content (AvgIpc) is 2.15. The number of aromatic hydroxyl groups is 1. The lowest BCUT2D eigenvalue weighted by molar-refractivity contribution is -0.156. The average molecular weight is 259 g/mol. The van der Waals surface area contributed by atoms with Crippen LogP contribution >= 0.6 is 12.4 Å². The molecule has 0 amide bonds. The van der Waals surface area contributed by atoms with Gasteiger partial charge in [0.05, 0.1) is 5.92 Å². The molecule has 0 aliphatic rings. The first kappa shape index (κ1) is 15.8. The van der Waals surface area contributed by atoms with Crippen LogP contribution in [-0.4, -0.2) is 16.7 Å². The molecule has 0 saturated heterocycles. The van der Waals surface area contributed by atoms with Gasteiger partial charge in [0, 0.05) is 0 Å². The molecule has 4 heteroatoms. The summed E-state index contributed by atoms with van der Waals surface area (Å²) in [4.78, 5) is 11.8. The Kier molecular flexibility index (Phi) is 5.49. The van der Waals surface area contributed by atoms with E-state index in [1.54, 1.807) is 31.2 Å². The third kappa shape index (κ3) is 5.09. The van der Waals surface area contributed by atoms with E-state index < -0.39 is 5.60 Å². The molecule has 0 aromatic heterocycles. The van der Waals surface area contributed by atoms with Crippen molar-refractivity contribution in [3.05, 3.63) is 29.8 Å². The second-order valence-corrected chi connectivity index (χ2v) is 4.85. The van der Waals surface area contributed by atoms with Crippen molar-refractivity contribution >= 4 is 18.4 Å². The molecule has 3 nitrogen and oxygen atoms in total. The van der Waals surface area contributed by atoms with Gasteiger partial charge in [-0.25, -0.2) is 0 Å². The molecule has 1 rings (SSSR count). The van der Waals surface area contributed by atoms with E-state index in [0.717, 1.165) is 5.56 Å². The molecule has 1 atom stereocenters. The summed E-state index contributed by atoms with van der Waals surface area (Å²) in [5.74, 6) is -0.377. The zero-order valence-corrected chi connectivity index (χ0v) is 11.4. The Morgan fingerprint density at radius 1 is 1.24 bits per heavy atom. The highest BCUT2D eigenvalue weighted by atomic mass is 35.5. The Balaban J connectivity index is 0.00000256. The van der Waals surface area contributed by atoms with Gasteiger partial charge in [0.25, 0.3) is 0 Å². The molecule has 0 saturated carbocycles. The maximum Gasteiger partial charge on any atom is 0.313 e. The number of hydrogen-bond donors (Lipinski definition) is 1. The zero-order valence-electron chi connectivity index (χ0n) is 10.6. The number of carbonyl (C=O) groups excluding carboxylic acids is 1. The quantitative estimate of drug-likeness (QED) is 0.829. The number of phenolic OH excluding ortho intramolecular Hbond substituents is 1. The molecule has 0 aliphatic heterocycles. The van der Waals surface area contributed by atoms with Gasteiger partial charge in [-0.1, -0.05) is 12.1 Å². The van der Waals surface area contributed by atoms with Crippen molar-refractivity contribution in [1.82, 2.24) is 0 Å². The first-order chi connectivity index (χ1) is 7.29. The summed E-state index contributed by atoms with van der Waals surface area (Å²) in [6.45, 7) is 7.32. The van der Waals surface area contributed by atoms with E-state index in [1.807, 2.05) is 20.8 Å². The molecule has 1 aromatic rings. The summed E-state index contributed by atoms with van der Waals surface area (Å²) >= 11 is 0. The Hall–Kier alpha value is -1.22. The van der Waals surface area contributed by atoms with Crippen molar-refractivity contribution in [2.45, 2.75) is 39.2 Å². The number of carbonyl (C=O) groups is 1. The fraction of sp³-hybridized carbons (Fsp3) is 0.462. The molecular formula is C13H19ClO3. The number of benzene rings is 1. The minimum atomic E-state index is -0.470. The van der Waals surface area contributed by atoms with Crippen LogP contribution in [-0.2, 0) is 9.53 Å². The maximum atomic E-state index is 11.8. The minimum Gasteiger partial charge on any atom is -0.508 e. The number of esters is 1. The standard InChI is InChI=1S/C13H18O3.ClH/c1-9(12(15)16-13(2,3)4)10-5-7-11(14)8-6-10;/h5-9,14H,1-4H3;1H. The normalized spacial score (nSPS) is 12.5. The number of hydrogen-bond acceptors (Lipinski definition) is 3. The van der Waals surface area contributed by atoms with E-state index in [2.05, 4.69) is 0 Å². The summed E-state index contributed by atoms with van der Waals surface area (Å²) in [6, 6.07) is 6.58. The van der Waals surface area contributed by atoms with Crippen molar-refractivity contribution in [3.63, 3.8) is 0 Å². The topological polar surface area (TPSA) is 46.5 Å². The van der Waals surface area contributed by atoms with Crippen LogP contribution in [0.1, 0.15) is 39.2 Å². The van der Waals surface area contributed by atoms with Gasteiger partial charge in [-0.15, -0.1) is 12.4 Å². The van der Waals surface area contributed by atoms with Crippen LogP contribution in [0.2, 0.25) is 0 Å². The summed E-state index contributed by atoms with van der Waals surface area (Å²) in [7, 11) is 0. The van der Waals surface area contributed by atoms with E-state index >= 15 is 0 Å². The van der Waals surface area contributed by atoms with Crippen molar-refractivity contribution in [2.75, 3.05) is 0 Å². The van der Waals surface area contributed by atoms with Gasteiger partial charge in [-0.3, -0.25) is 4.79 Å². The van der Waals surface area contributed by atoms with E-state index in [0.29, 0.717) is 0 Å². The minimum absolute atomic E-state index is 0. The number of halogens is 1. The predicted octanol–water partition coefficient (Wildman–Crippen LogP) is 3.26. The van der Waals surface area contributed by atoms with E-state index in [-0.39, 0.29) is 30.0 Å². The molecule has 0 radical (unpaired) electrons. The van der Waals surface area contributed by atoms with Crippen LogP contribution in [0.4, 0.5) is 0 Å². The number of rotatable bonds is 2. The molecular weight excluding hydrogens is 240 g/mol. The summed E-state index contributed by atoms with van der Waals surface area (Å²) in [5, 5.41) is 9.15. The van der Waals surface area contributed by atoms with Crippen LogP contribution in [0.15, 0.2) is 24.3 Å². The Morgan fingerprint density at radius 2 is 1.71 bits per heavy atom. The summed E-state index contributed by atoms with van der Waals surface area (Å²) < 4.78 is 5.28. The lowest BCUT2D eigenvalue weighted by atomic mass is 10.0. The fourth-order valence-electron chi connectivity index (χ4n) is 1.29. The molecule has 0 fully saturated rings. The molecule has 17 heavy (non-hydrogen) atoms. The highest BCUT2D eigenvalue weighted by Gasteiger charge is 2.22. The van der Waals surface area contributed by atoms with Crippen LogP contribution < -0.4 is 0 Å². The van der Waals surface area contributed by atoms with Gasteiger partial charge >= 0.3 is 5.97 Å². The predicted molar refractivity (Wildman–Crippen MR) is 69.6 cm³/mol. The summed E-state index contributed by atoms with van der Waals surface area (Å²) in [6.07, 6.45) is 0. The Morgan fingerprint density at radius 3 is 2.12 bits per heavy atom. The first-order valence-electron chi connectivity index (χ1n) is 5.31. The smallest absolute Gasteiger partial charge is 0.313 e. The molecule has 1 aromatic carbocycles. The second kappa shape index (κ2) is 5.92. The monoisotopic (exact) mass is 258 g/mol. The number of ether oxygens (including phenoxy) is 1. The van der Waals surface area contributed by atoms with Crippen molar-refractivity contribution in [1.29, 1.82) is 0 Å². The molecule has 0 heterocycles. The zero-order chi connectivity index (χ0) is 12.3. The van der Waals surface area contributed by atoms with Crippen LogP contribution in [0.3, 0.4) is 0 Å². The molecule has 0 bridgehead atoms. The third-order valence-corrected chi connectivity index (χ3v) is 2.15. The van der Waals surface area contributed by atoms with Crippen LogP contribution in [0.5, 0.6) is 5.75 Å². The number of phenols is 1. The SMILES string of the molecule is CC(C(=O)OC(C)(C)C)c1ccc(O)cc1.Cl. The van der Waals surface area contributed by atoms with Gasteiger partial charge in [0.2, 0.25) is 0 Å². The van der Waals surface area contributed by atoms with Gasteiger partial charge in [-0.05, 0) is 45.4 Å². The van der Waals surface area contributed by atoms with Crippen molar-refractivity contribution in [2.24, 2.45) is 0 Å². The highest BCUT2D eigenvalue weighted by molar-refractivity contribution is 5.85. The van der Waals surface area contributed by atoms with E-state index in [1.165, 1.54) is 0 Å². The largest absolute Gasteiger partial charge is 0.508 e. The third-order valence-electron chi connectivity index (χ3n) is 2.15. The van der Waals surface area contributed by atoms with Crippen molar-refractivity contribution in [3.8, 4) is 5.75 Å². The summed E-state index contributed by atoms with van der Waals surface area (Å²) in [5.41, 5.74) is 0.370. The Bertz CT molecular complexity index is 365. The second-order valence-electron chi connectivity index (χ2n) is 4.85. The fourth-order valence-corrected chi connectivity index (χ4v) is 1.29. The van der Waals surface area contributed by atoms with Crippen LogP contribution in [0.25, 0.3) is 0 Å². The molecule has 1 unspecified atom stereocenters. The van der Waals surface area contributed by atoms with Gasteiger partial charge in [0.15, 0.2) is 0 Å². The molecule has 1 N–H and O–H groups in total. The molecule has 0 aliphatic carbocycles. The molecule has 96 valence electrons. The maximum absolute atomic E-state index is 11.8. The first-order valence-corrected chi connectivity index (χ1v) is 5.31. The van der Waals surface area contributed by atoms with Gasteiger partial charge in [-0.2, -0.15) is 0 Å².